The average molecular weight is 378 g/mol. The molecular weight excluding hydrogens is 358 g/mol. The number of amides is 1. The lowest BCUT2D eigenvalue weighted by Gasteiger charge is -2.13. The molecule has 138 valence electrons. The number of methoxy groups -OCH3 is 1. The summed E-state index contributed by atoms with van der Waals surface area (Å²) in [4.78, 5) is 23.6. The van der Waals surface area contributed by atoms with Crippen LogP contribution in [0.5, 0.6) is 11.5 Å². The third kappa shape index (κ3) is 4.89. The number of rotatable bonds is 8. The van der Waals surface area contributed by atoms with Gasteiger partial charge in [0.2, 0.25) is 0 Å². The van der Waals surface area contributed by atoms with Crippen LogP contribution >= 0.6 is 11.6 Å². The first-order chi connectivity index (χ1) is 12.5. The van der Waals surface area contributed by atoms with Crippen molar-refractivity contribution < 1.29 is 24.2 Å². The topological polar surface area (TPSA) is 84.9 Å². The van der Waals surface area contributed by atoms with Crippen molar-refractivity contribution in [2.75, 3.05) is 19.0 Å². The molecule has 0 spiro atoms. The molecule has 0 aromatic heterocycles. The number of aromatic carboxylic acids is 1. The highest BCUT2D eigenvalue weighted by atomic mass is 35.5. The fourth-order valence-electron chi connectivity index (χ4n) is 2.25. The summed E-state index contributed by atoms with van der Waals surface area (Å²) in [5.41, 5.74) is 0.531. The first kappa shape index (κ1) is 19.6. The maximum absolute atomic E-state index is 12.4. The molecule has 0 saturated heterocycles. The Morgan fingerprint density at radius 2 is 1.85 bits per heavy atom. The normalized spacial score (nSPS) is 10.3. The van der Waals surface area contributed by atoms with Crippen molar-refractivity contribution in [2.45, 2.75) is 19.8 Å². The van der Waals surface area contributed by atoms with E-state index in [0.29, 0.717) is 17.9 Å². The van der Waals surface area contributed by atoms with Crippen molar-refractivity contribution >= 4 is 29.2 Å². The first-order valence-electron chi connectivity index (χ1n) is 8.11. The van der Waals surface area contributed by atoms with Crippen LogP contribution < -0.4 is 14.8 Å². The number of hydrogen-bond acceptors (Lipinski definition) is 4. The molecule has 0 radical (unpaired) electrons. The Kier molecular flexibility index (Phi) is 6.86. The summed E-state index contributed by atoms with van der Waals surface area (Å²) in [5.74, 6) is -0.686. The lowest BCUT2D eigenvalue weighted by atomic mass is 10.1. The van der Waals surface area contributed by atoms with Gasteiger partial charge in [0.15, 0.2) is 5.75 Å². The minimum atomic E-state index is -1.15. The summed E-state index contributed by atoms with van der Waals surface area (Å²) in [6, 6.07) is 9.25. The largest absolute Gasteiger partial charge is 0.494 e. The molecule has 0 aliphatic carbocycles. The fourth-order valence-corrected chi connectivity index (χ4v) is 2.55. The van der Waals surface area contributed by atoms with Crippen molar-refractivity contribution in [2.24, 2.45) is 0 Å². The minimum absolute atomic E-state index is 0.0502. The number of nitrogens with one attached hydrogen (secondary N) is 1. The van der Waals surface area contributed by atoms with E-state index in [9.17, 15) is 9.59 Å². The van der Waals surface area contributed by atoms with Crippen LogP contribution in [0.4, 0.5) is 5.69 Å². The number of benzene rings is 2. The molecule has 0 fully saturated rings. The molecule has 2 aromatic carbocycles. The number of ether oxygens (including phenoxy) is 2. The highest BCUT2D eigenvalue weighted by Gasteiger charge is 2.16. The first-order valence-corrected chi connectivity index (χ1v) is 8.49. The fraction of sp³-hybridized carbons (Fsp3) is 0.263. The number of unbranched alkanes of at least 4 members (excludes halogenated alkanes) is 1. The van der Waals surface area contributed by atoms with Crippen LogP contribution in [0.25, 0.3) is 0 Å². The molecular formula is C19H20ClNO5. The molecule has 0 bridgehead atoms. The van der Waals surface area contributed by atoms with E-state index >= 15 is 0 Å². The van der Waals surface area contributed by atoms with Crippen LogP contribution in [0.15, 0.2) is 36.4 Å². The van der Waals surface area contributed by atoms with Gasteiger partial charge in [-0.2, -0.15) is 0 Å². The number of halogens is 1. The maximum Gasteiger partial charge on any atom is 0.335 e. The van der Waals surface area contributed by atoms with Gasteiger partial charge in [-0.25, -0.2) is 4.79 Å². The van der Waals surface area contributed by atoms with E-state index in [4.69, 9.17) is 26.2 Å². The number of anilines is 1. The van der Waals surface area contributed by atoms with Gasteiger partial charge in [0, 0.05) is 5.56 Å². The maximum atomic E-state index is 12.4. The summed E-state index contributed by atoms with van der Waals surface area (Å²) < 4.78 is 10.7. The van der Waals surface area contributed by atoms with Crippen LogP contribution in [0.3, 0.4) is 0 Å². The predicted molar refractivity (Wildman–Crippen MR) is 99.8 cm³/mol. The molecule has 1 amide bonds. The van der Waals surface area contributed by atoms with Gasteiger partial charge >= 0.3 is 5.97 Å². The highest BCUT2D eigenvalue weighted by Crippen LogP contribution is 2.34. The third-order valence-corrected chi connectivity index (χ3v) is 3.91. The summed E-state index contributed by atoms with van der Waals surface area (Å²) in [6.07, 6.45) is 2.00. The van der Waals surface area contributed by atoms with Crippen molar-refractivity contribution in [3.63, 3.8) is 0 Å². The van der Waals surface area contributed by atoms with E-state index in [1.807, 2.05) is 0 Å². The van der Waals surface area contributed by atoms with E-state index in [-0.39, 0.29) is 22.0 Å². The van der Waals surface area contributed by atoms with E-state index in [2.05, 4.69) is 12.2 Å². The number of hydrogen-bond donors (Lipinski definition) is 2. The quantitative estimate of drug-likeness (QED) is 0.662. The zero-order chi connectivity index (χ0) is 19.1. The molecule has 2 rings (SSSR count). The van der Waals surface area contributed by atoms with Gasteiger partial charge < -0.3 is 19.9 Å². The molecule has 7 heteroatoms. The SMILES string of the molecule is CCCCOc1ccc(C(=O)Nc2cc(C(=O)O)cc(Cl)c2OC)cc1. The van der Waals surface area contributed by atoms with Gasteiger partial charge in [-0.3, -0.25) is 4.79 Å². The molecule has 0 saturated carbocycles. The number of carbonyl (C=O) groups is 2. The second kappa shape index (κ2) is 9.10. The standard InChI is InChI=1S/C19H20ClNO5/c1-3-4-9-26-14-7-5-12(6-8-14)18(22)21-16-11-13(19(23)24)10-15(20)17(16)25-2/h5-8,10-11H,3-4,9H2,1-2H3,(H,21,22)(H,23,24). The number of carboxylic acid groups (broad SMARTS) is 1. The Morgan fingerprint density at radius 1 is 1.15 bits per heavy atom. The van der Waals surface area contributed by atoms with Crippen LogP contribution in [-0.4, -0.2) is 30.7 Å². The lowest BCUT2D eigenvalue weighted by molar-refractivity contribution is 0.0696. The molecule has 0 aliphatic rings. The zero-order valence-electron chi connectivity index (χ0n) is 14.5. The molecule has 2 aromatic rings. The smallest absolute Gasteiger partial charge is 0.335 e. The van der Waals surface area contributed by atoms with Gasteiger partial charge in [0.25, 0.3) is 5.91 Å². The molecule has 6 nitrogen and oxygen atoms in total. The highest BCUT2D eigenvalue weighted by molar-refractivity contribution is 6.33. The molecule has 0 aliphatic heterocycles. The van der Waals surface area contributed by atoms with Crippen molar-refractivity contribution in [1.29, 1.82) is 0 Å². The molecule has 0 heterocycles. The van der Waals surface area contributed by atoms with Crippen LogP contribution in [0.2, 0.25) is 5.02 Å². The van der Waals surface area contributed by atoms with Crippen molar-refractivity contribution in [1.82, 2.24) is 0 Å². The second-order valence-electron chi connectivity index (χ2n) is 5.52. The number of carboxylic acids is 1. The molecule has 0 unspecified atom stereocenters. The van der Waals surface area contributed by atoms with Crippen molar-refractivity contribution in [3.8, 4) is 11.5 Å². The Hall–Kier alpha value is -2.73. The summed E-state index contributed by atoms with van der Waals surface area (Å²) in [6.45, 7) is 2.70. The van der Waals surface area contributed by atoms with E-state index in [1.54, 1.807) is 24.3 Å². The zero-order valence-corrected chi connectivity index (χ0v) is 15.3. The van der Waals surface area contributed by atoms with Gasteiger partial charge in [-0.05, 0) is 42.8 Å². The van der Waals surface area contributed by atoms with Gasteiger partial charge in [-0.1, -0.05) is 24.9 Å². The minimum Gasteiger partial charge on any atom is -0.494 e. The van der Waals surface area contributed by atoms with Gasteiger partial charge in [0.1, 0.15) is 5.75 Å². The number of carbonyl (C=O) groups excluding carboxylic acids is 1. The second-order valence-corrected chi connectivity index (χ2v) is 5.93. The molecule has 0 atom stereocenters. The lowest BCUT2D eigenvalue weighted by Crippen LogP contribution is -2.13. The summed E-state index contributed by atoms with van der Waals surface area (Å²) in [7, 11) is 1.39. The van der Waals surface area contributed by atoms with Gasteiger partial charge in [-0.15, -0.1) is 0 Å². The van der Waals surface area contributed by atoms with Crippen LogP contribution in [0.1, 0.15) is 40.5 Å². The average Bonchev–Trinajstić information content (AvgIpc) is 2.62. The summed E-state index contributed by atoms with van der Waals surface area (Å²) >= 11 is 6.03. The Morgan fingerprint density at radius 3 is 2.42 bits per heavy atom. The Balaban J connectivity index is 2.17. The van der Waals surface area contributed by atoms with Crippen LogP contribution in [-0.2, 0) is 0 Å². The Bertz CT molecular complexity index is 789. The monoisotopic (exact) mass is 377 g/mol. The van der Waals surface area contributed by atoms with E-state index in [1.165, 1.54) is 19.2 Å². The molecule has 26 heavy (non-hydrogen) atoms. The van der Waals surface area contributed by atoms with Crippen molar-refractivity contribution in [3.05, 3.63) is 52.5 Å². The predicted octanol–water partition coefficient (Wildman–Crippen LogP) is 4.48. The van der Waals surface area contributed by atoms with Gasteiger partial charge in [0.05, 0.1) is 30.0 Å². The third-order valence-electron chi connectivity index (χ3n) is 3.63. The van der Waals surface area contributed by atoms with Crippen LogP contribution in [0, 0.1) is 0 Å². The van der Waals surface area contributed by atoms with E-state index < -0.39 is 11.9 Å². The van der Waals surface area contributed by atoms with E-state index in [0.717, 1.165) is 12.8 Å². The Labute approximate surface area is 156 Å². The molecule has 2 N–H and O–H groups in total. The summed E-state index contributed by atoms with van der Waals surface area (Å²) in [5, 5.41) is 11.9.